The molecule has 10 nitrogen and oxygen atoms in total. The molecule has 1 unspecified atom stereocenters. The van der Waals surface area contributed by atoms with E-state index in [1.165, 1.54) is 96.3 Å². The Morgan fingerprint density at radius 2 is 0.963 bits per heavy atom. The highest BCUT2D eigenvalue weighted by molar-refractivity contribution is 7.47. The molecule has 0 aromatic carbocycles. The van der Waals surface area contributed by atoms with Crippen LogP contribution in [0.25, 0.3) is 0 Å². The molecule has 11 heteroatoms. The van der Waals surface area contributed by atoms with E-state index in [0.29, 0.717) is 12.8 Å². The molecular formula is C43H79O10P. The zero-order valence-corrected chi connectivity index (χ0v) is 35.1. The molecule has 0 aliphatic rings. The lowest BCUT2D eigenvalue weighted by Gasteiger charge is -2.20. The molecule has 0 radical (unpaired) electrons. The zero-order chi connectivity index (χ0) is 39.8. The highest BCUT2D eigenvalue weighted by atomic mass is 31.2. The van der Waals surface area contributed by atoms with Gasteiger partial charge in [-0.05, 0) is 51.4 Å². The van der Waals surface area contributed by atoms with Gasteiger partial charge in [0.15, 0.2) is 6.10 Å². The predicted molar refractivity (Wildman–Crippen MR) is 219 cm³/mol. The van der Waals surface area contributed by atoms with Crippen molar-refractivity contribution in [1.29, 1.82) is 0 Å². The number of hydrogen-bond acceptors (Lipinski definition) is 9. The number of unbranched alkanes of at least 4 members (excludes halogenated alkanes) is 20. The average Bonchev–Trinajstić information content (AvgIpc) is 3.16. The van der Waals surface area contributed by atoms with Crippen molar-refractivity contribution in [3.63, 3.8) is 0 Å². The third-order valence-electron chi connectivity index (χ3n) is 9.05. The van der Waals surface area contributed by atoms with Crippen LogP contribution in [0.1, 0.15) is 187 Å². The van der Waals surface area contributed by atoms with Crippen LogP contribution in [0, 0.1) is 0 Å². The van der Waals surface area contributed by atoms with Gasteiger partial charge in [-0.2, -0.15) is 0 Å². The maximum atomic E-state index is 12.6. The van der Waals surface area contributed by atoms with Crippen LogP contribution in [0.5, 0.6) is 0 Å². The number of aliphatic hydroxyl groups excluding tert-OH is 2. The molecule has 3 N–H and O–H groups in total. The summed E-state index contributed by atoms with van der Waals surface area (Å²) in [7, 11) is -4.62. The van der Waals surface area contributed by atoms with Crippen molar-refractivity contribution in [2.45, 2.75) is 199 Å². The van der Waals surface area contributed by atoms with Crippen LogP contribution in [0.4, 0.5) is 0 Å². The molecule has 54 heavy (non-hydrogen) atoms. The Bertz CT molecular complexity index is 999. The van der Waals surface area contributed by atoms with E-state index in [0.717, 1.165) is 51.4 Å². The summed E-state index contributed by atoms with van der Waals surface area (Å²) in [4.78, 5) is 34.9. The van der Waals surface area contributed by atoms with Crippen LogP contribution in [0.3, 0.4) is 0 Å². The molecule has 0 heterocycles. The monoisotopic (exact) mass is 787 g/mol. The predicted octanol–water partition coefficient (Wildman–Crippen LogP) is 11.2. The molecule has 0 spiro atoms. The Labute approximate surface area is 329 Å². The van der Waals surface area contributed by atoms with E-state index in [1.807, 2.05) is 0 Å². The zero-order valence-electron chi connectivity index (χ0n) is 34.2. The van der Waals surface area contributed by atoms with Gasteiger partial charge in [0, 0.05) is 12.8 Å². The lowest BCUT2D eigenvalue weighted by atomic mass is 10.0. The van der Waals surface area contributed by atoms with Crippen molar-refractivity contribution in [2.24, 2.45) is 0 Å². The van der Waals surface area contributed by atoms with E-state index in [4.69, 9.17) is 19.1 Å². The fourth-order valence-electron chi connectivity index (χ4n) is 5.71. The number of allylic oxidation sites excluding steroid dienone is 6. The first-order valence-corrected chi connectivity index (χ1v) is 22.9. The van der Waals surface area contributed by atoms with Crippen molar-refractivity contribution >= 4 is 19.8 Å². The summed E-state index contributed by atoms with van der Waals surface area (Å²) in [5.74, 6) is -0.965. The Morgan fingerprint density at radius 3 is 1.48 bits per heavy atom. The molecule has 0 aromatic rings. The van der Waals surface area contributed by atoms with Gasteiger partial charge < -0.3 is 24.6 Å². The fourth-order valence-corrected chi connectivity index (χ4v) is 6.50. The third kappa shape index (κ3) is 38.5. The molecule has 0 fully saturated rings. The lowest BCUT2D eigenvalue weighted by molar-refractivity contribution is -0.161. The summed E-state index contributed by atoms with van der Waals surface area (Å²) >= 11 is 0. The number of phosphoric ester groups is 1. The Hall–Kier alpha value is -1.81. The average molecular weight is 787 g/mol. The van der Waals surface area contributed by atoms with E-state index in [1.54, 1.807) is 0 Å². The molecule has 0 amide bonds. The van der Waals surface area contributed by atoms with E-state index in [2.05, 4.69) is 54.8 Å². The second kappa shape index (κ2) is 39.4. The van der Waals surface area contributed by atoms with Crippen molar-refractivity contribution in [3.05, 3.63) is 36.5 Å². The van der Waals surface area contributed by atoms with Crippen LogP contribution in [0.15, 0.2) is 36.5 Å². The summed E-state index contributed by atoms with van der Waals surface area (Å²) in [6.07, 6.45) is 39.7. The fraction of sp³-hybridized carbons (Fsp3) is 0.814. The van der Waals surface area contributed by atoms with Crippen LogP contribution >= 0.6 is 7.82 Å². The molecule has 316 valence electrons. The van der Waals surface area contributed by atoms with Crippen LogP contribution in [0.2, 0.25) is 0 Å². The Kier molecular flexibility index (Phi) is 38.1. The van der Waals surface area contributed by atoms with Crippen molar-refractivity contribution in [1.82, 2.24) is 0 Å². The first kappa shape index (κ1) is 52.2. The van der Waals surface area contributed by atoms with Gasteiger partial charge in [0.1, 0.15) is 12.7 Å². The first-order chi connectivity index (χ1) is 26.2. The summed E-state index contributed by atoms with van der Waals surface area (Å²) in [6.45, 7) is 2.32. The quantitative estimate of drug-likeness (QED) is 0.0237. The number of ether oxygens (including phenoxy) is 2. The van der Waals surface area contributed by atoms with Gasteiger partial charge >= 0.3 is 19.8 Å². The van der Waals surface area contributed by atoms with Crippen molar-refractivity contribution in [3.8, 4) is 0 Å². The van der Waals surface area contributed by atoms with Crippen LogP contribution in [-0.2, 0) is 32.7 Å². The smallest absolute Gasteiger partial charge is 0.462 e. The van der Waals surface area contributed by atoms with E-state index < -0.39 is 51.8 Å². The van der Waals surface area contributed by atoms with Gasteiger partial charge in [0.25, 0.3) is 0 Å². The van der Waals surface area contributed by atoms with Gasteiger partial charge in [0.05, 0.1) is 19.8 Å². The molecule has 0 rings (SSSR count). The SMILES string of the molecule is CCCCC/C=C\C/C=C\C/C=C\CCCCC(=O)OC[C@H](COP(=O)(O)OC[C@@H](O)CO)OC(=O)CCCCCCCCCCCCCCCCCC. The number of phosphoric acid groups is 1. The molecule has 0 aliphatic carbocycles. The molecular weight excluding hydrogens is 707 g/mol. The second-order valence-corrected chi connectivity index (χ2v) is 15.8. The van der Waals surface area contributed by atoms with Crippen molar-refractivity contribution in [2.75, 3.05) is 26.4 Å². The largest absolute Gasteiger partial charge is 0.472 e. The second-order valence-electron chi connectivity index (χ2n) is 14.4. The molecule has 0 bridgehead atoms. The minimum Gasteiger partial charge on any atom is -0.462 e. The van der Waals surface area contributed by atoms with Gasteiger partial charge in [-0.25, -0.2) is 4.57 Å². The standard InChI is InChI=1S/C43H79O10P/c1-3-5-7-9-11-13-15-17-19-21-23-25-27-29-31-33-35-43(47)53-41(39-52-54(48,49)51-37-40(45)36-44)38-50-42(46)34-32-30-28-26-24-22-20-18-16-14-12-10-8-6-4-2/h12,14,18,20,24,26,40-41,44-45H,3-11,13,15-17,19,21-23,25,27-39H2,1-2H3,(H,48,49)/b14-12-,20-18-,26-24-/t40-,41+/m0/s1. The summed E-state index contributed by atoms with van der Waals surface area (Å²) in [5.41, 5.74) is 0. The number of rotatable bonds is 40. The minimum atomic E-state index is -4.62. The van der Waals surface area contributed by atoms with Gasteiger partial charge in [-0.3, -0.25) is 18.6 Å². The molecule has 0 saturated carbocycles. The summed E-state index contributed by atoms with van der Waals surface area (Å²) < 4.78 is 32.7. The van der Waals surface area contributed by atoms with E-state index in [-0.39, 0.29) is 19.4 Å². The lowest BCUT2D eigenvalue weighted by Crippen LogP contribution is -2.29. The first-order valence-electron chi connectivity index (χ1n) is 21.4. The number of carbonyl (C=O) groups is 2. The van der Waals surface area contributed by atoms with Gasteiger partial charge in [0.2, 0.25) is 0 Å². The topological polar surface area (TPSA) is 149 Å². The normalized spacial score (nSPS) is 14.2. The van der Waals surface area contributed by atoms with Crippen molar-refractivity contribution < 1.29 is 47.8 Å². The highest BCUT2D eigenvalue weighted by Gasteiger charge is 2.27. The minimum absolute atomic E-state index is 0.179. The molecule has 3 atom stereocenters. The van der Waals surface area contributed by atoms with Gasteiger partial charge in [-0.1, -0.05) is 159 Å². The maximum absolute atomic E-state index is 12.6. The third-order valence-corrected chi connectivity index (χ3v) is 10.00. The maximum Gasteiger partial charge on any atom is 0.472 e. The van der Waals surface area contributed by atoms with Crippen LogP contribution in [-0.4, -0.2) is 65.7 Å². The number of carbonyl (C=O) groups excluding carboxylic acids is 2. The number of hydrogen-bond donors (Lipinski definition) is 3. The highest BCUT2D eigenvalue weighted by Crippen LogP contribution is 2.43. The molecule has 0 aliphatic heterocycles. The number of esters is 2. The Morgan fingerprint density at radius 1 is 0.556 bits per heavy atom. The van der Waals surface area contributed by atoms with Crippen LogP contribution < -0.4 is 0 Å². The Balaban J connectivity index is 4.35. The summed E-state index contributed by atoms with van der Waals surface area (Å²) in [6, 6.07) is 0. The van der Waals surface area contributed by atoms with Gasteiger partial charge in [-0.15, -0.1) is 0 Å². The molecule has 0 aromatic heterocycles. The van der Waals surface area contributed by atoms with E-state index in [9.17, 15) is 24.2 Å². The summed E-state index contributed by atoms with van der Waals surface area (Å²) in [5, 5.41) is 18.3. The molecule has 0 saturated heterocycles. The number of aliphatic hydroxyl groups is 2. The van der Waals surface area contributed by atoms with E-state index >= 15 is 0 Å².